The van der Waals surface area contributed by atoms with Gasteiger partial charge in [-0.25, -0.2) is 23.6 Å². The summed E-state index contributed by atoms with van der Waals surface area (Å²) in [7, 11) is -2.91. The van der Waals surface area contributed by atoms with Crippen LogP contribution in [0.25, 0.3) is 22.1 Å². The second-order valence-corrected chi connectivity index (χ2v) is 7.07. The highest BCUT2D eigenvalue weighted by atomic mass is 35.7. The zero-order chi connectivity index (χ0) is 20.3. The highest BCUT2D eigenvalue weighted by Gasteiger charge is 2.14. The standard InChI is InChI=1S/C19H14ClN3.ClHO4/c1-23-18-11-13(20)7-9-16(18)22-17-10-8-15(12-19(17)23)21-14-5-3-2-4-6-14;2-1(3,4)5/h2-12H,1H3;(H,2,3,4,5). The van der Waals surface area contributed by atoms with Gasteiger partial charge in [0.1, 0.15) is 18.1 Å². The van der Waals surface area contributed by atoms with Crippen molar-refractivity contribution in [1.82, 2.24) is 4.98 Å². The lowest BCUT2D eigenvalue weighted by Crippen LogP contribution is -2.68. The molecule has 0 amide bonds. The number of rotatable bonds is 2. The van der Waals surface area contributed by atoms with Crippen molar-refractivity contribution in [1.29, 1.82) is 0 Å². The van der Waals surface area contributed by atoms with Crippen molar-refractivity contribution in [2.24, 2.45) is 7.05 Å². The number of nitrogens with one attached hydrogen (secondary N) is 1. The van der Waals surface area contributed by atoms with Crippen molar-refractivity contribution in [3.8, 4) is 0 Å². The number of anilines is 2. The van der Waals surface area contributed by atoms with E-state index in [0.29, 0.717) is 5.02 Å². The van der Waals surface area contributed by atoms with Gasteiger partial charge in [0.25, 0.3) is 0 Å². The number of hydrogen-bond donors (Lipinski definition) is 1. The minimum Gasteiger partial charge on any atom is -0.355 e. The van der Waals surface area contributed by atoms with Crippen LogP contribution < -0.4 is 28.5 Å². The maximum absolute atomic E-state index is 8.49. The second kappa shape index (κ2) is 8.24. The molecule has 0 fully saturated rings. The molecule has 144 valence electrons. The molecule has 0 radical (unpaired) electrons. The van der Waals surface area contributed by atoms with Crippen molar-refractivity contribution < 1.29 is 33.4 Å². The Bertz CT molecular complexity index is 1110. The van der Waals surface area contributed by atoms with E-state index in [1.165, 1.54) is 0 Å². The van der Waals surface area contributed by atoms with Crippen molar-refractivity contribution >= 4 is 45.0 Å². The molecular formula is C19H15Cl2N3O4. The molecule has 0 spiro atoms. The van der Waals surface area contributed by atoms with Gasteiger partial charge in [0.05, 0.1) is 0 Å². The summed E-state index contributed by atoms with van der Waals surface area (Å²) in [6, 6.07) is 22.1. The lowest BCUT2D eigenvalue weighted by Gasteiger charge is -2.17. The van der Waals surface area contributed by atoms with Gasteiger partial charge in [-0.05, 0) is 36.4 Å². The van der Waals surface area contributed by atoms with Crippen LogP contribution in [0.15, 0.2) is 66.7 Å². The average Bonchev–Trinajstić information content (AvgIpc) is 2.63. The van der Waals surface area contributed by atoms with E-state index in [4.69, 9.17) is 35.2 Å². The first-order chi connectivity index (χ1) is 13.2. The third-order valence-corrected chi connectivity index (χ3v) is 4.17. The Morgan fingerprint density at radius 3 is 2.04 bits per heavy atom. The minimum atomic E-state index is -4.94. The zero-order valence-corrected chi connectivity index (χ0v) is 16.1. The van der Waals surface area contributed by atoms with E-state index >= 15 is 0 Å². The normalized spacial score (nSPS) is 11.2. The summed E-state index contributed by atoms with van der Waals surface area (Å²) in [6.07, 6.45) is 0. The number of aryl methyl sites for hydroxylation is 1. The van der Waals surface area contributed by atoms with E-state index in [9.17, 15) is 0 Å². The van der Waals surface area contributed by atoms with Crippen molar-refractivity contribution in [3.63, 3.8) is 0 Å². The van der Waals surface area contributed by atoms with Gasteiger partial charge in [-0.2, -0.15) is 4.57 Å². The first-order valence-corrected chi connectivity index (χ1v) is 9.65. The number of benzene rings is 3. The van der Waals surface area contributed by atoms with Crippen LogP contribution in [0.1, 0.15) is 0 Å². The number of nitrogens with zero attached hydrogens (tertiary/aromatic N) is 2. The topological polar surface area (TPSA) is 121 Å². The van der Waals surface area contributed by atoms with E-state index in [0.717, 1.165) is 33.4 Å². The Labute approximate surface area is 167 Å². The minimum absolute atomic E-state index is 0.716. The predicted molar refractivity (Wildman–Crippen MR) is 95.2 cm³/mol. The summed E-state index contributed by atoms with van der Waals surface area (Å²) in [5.41, 5.74) is 6.06. The number of hydrogen-bond acceptors (Lipinski definition) is 6. The maximum Gasteiger partial charge on any atom is 0.233 e. The molecule has 1 heterocycles. The molecule has 1 N–H and O–H groups in total. The Hall–Kier alpha value is -2.52. The summed E-state index contributed by atoms with van der Waals surface area (Å²) >= 11 is 6.13. The van der Waals surface area contributed by atoms with Gasteiger partial charge >= 0.3 is 0 Å². The number of halogens is 2. The van der Waals surface area contributed by atoms with Crippen molar-refractivity contribution in [3.05, 3.63) is 71.8 Å². The van der Waals surface area contributed by atoms with Crippen LogP contribution in [0.3, 0.4) is 0 Å². The quantitative estimate of drug-likeness (QED) is 0.356. The van der Waals surface area contributed by atoms with Crippen LogP contribution in [0, 0.1) is 10.2 Å². The van der Waals surface area contributed by atoms with E-state index in [2.05, 4.69) is 16.0 Å². The Morgan fingerprint density at radius 2 is 1.39 bits per heavy atom. The van der Waals surface area contributed by atoms with Crippen LogP contribution in [0.4, 0.5) is 11.4 Å². The van der Waals surface area contributed by atoms with Gasteiger partial charge in [0, 0.05) is 28.5 Å². The fraction of sp³-hybridized carbons (Fsp3) is 0.0526. The highest BCUT2D eigenvalue weighted by molar-refractivity contribution is 6.31. The molecule has 4 aromatic rings. The number of para-hydroxylation sites is 1. The van der Waals surface area contributed by atoms with Crippen LogP contribution in [-0.2, 0) is 7.05 Å². The Kier molecular flexibility index (Phi) is 5.95. The predicted octanol–water partition coefficient (Wildman–Crippen LogP) is -0.147. The summed E-state index contributed by atoms with van der Waals surface area (Å²) in [4.78, 5) is 4.72. The first kappa shape index (κ1) is 20.2. The van der Waals surface area contributed by atoms with Gasteiger partial charge in [0.15, 0.2) is 0 Å². The number of aromatic nitrogens is 2. The summed E-state index contributed by atoms with van der Waals surface area (Å²) in [6.45, 7) is 0. The molecule has 0 saturated heterocycles. The van der Waals surface area contributed by atoms with E-state index < -0.39 is 10.2 Å². The van der Waals surface area contributed by atoms with E-state index in [-0.39, 0.29) is 0 Å². The van der Waals surface area contributed by atoms with Gasteiger partial charge in [-0.15, -0.1) is 10.2 Å². The third kappa shape index (κ3) is 5.26. The molecule has 9 heteroatoms. The molecule has 0 aliphatic heterocycles. The van der Waals surface area contributed by atoms with Crippen LogP contribution in [-0.4, -0.2) is 4.98 Å². The largest absolute Gasteiger partial charge is 0.355 e. The molecule has 0 saturated carbocycles. The molecule has 0 unspecified atom stereocenters. The molecule has 0 atom stereocenters. The lowest BCUT2D eigenvalue weighted by atomic mass is 10.2. The molecular weight excluding hydrogens is 405 g/mol. The van der Waals surface area contributed by atoms with Crippen LogP contribution in [0.2, 0.25) is 5.02 Å². The van der Waals surface area contributed by atoms with Gasteiger partial charge in [-0.3, -0.25) is 0 Å². The average molecular weight is 420 g/mol. The monoisotopic (exact) mass is 419 g/mol. The molecule has 7 nitrogen and oxygen atoms in total. The van der Waals surface area contributed by atoms with E-state index in [1.807, 2.05) is 67.7 Å². The molecule has 3 aromatic carbocycles. The van der Waals surface area contributed by atoms with Crippen LogP contribution >= 0.6 is 11.6 Å². The SMILES string of the molecule is C[n+]1c2cc(Cl)ccc2nc2ccc(Nc3ccccc3)cc21.[O-][Cl+3]([O-])([O-])[O-]. The van der Waals surface area contributed by atoms with Crippen molar-refractivity contribution in [2.75, 3.05) is 5.32 Å². The van der Waals surface area contributed by atoms with E-state index in [1.54, 1.807) is 0 Å². The summed E-state index contributed by atoms with van der Waals surface area (Å²) in [5.74, 6) is 0. The first-order valence-electron chi connectivity index (χ1n) is 8.03. The summed E-state index contributed by atoms with van der Waals surface area (Å²) in [5, 5.41) is 4.13. The highest BCUT2D eigenvalue weighted by Crippen LogP contribution is 2.22. The van der Waals surface area contributed by atoms with Gasteiger partial charge in [-0.1, -0.05) is 29.8 Å². The lowest BCUT2D eigenvalue weighted by molar-refractivity contribution is -2.00. The fourth-order valence-electron chi connectivity index (χ4n) is 2.77. The number of fused-ring (bicyclic) bond motifs is 2. The molecule has 0 aliphatic rings. The molecule has 28 heavy (non-hydrogen) atoms. The van der Waals surface area contributed by atoms with Gasteiger partial charge in [0.2, 0.25) is 11.0 Å². The Morgan fingerprint density at radius 1 is 0.821 bits per heavy atom. The smallest absolute Gasteiger partial charge is 0.233 e. The maximum atomic E-state index is 8.49. The zero-order valence-electron chi connectivity index (χ0n) is 14.6. The Balaban J connectivity index is 0.000000403. The van der Waals surface area contributed by atoms with Gasteiger partial charge < -0.3 is 5.32 Å². The van der Waals surface area contributed by atoms with Crippen LogP contribution in [0.5, 0.6) is 0 Å². The molecule has 0 bridgehead atoms. The molecule has 4 rings (SSSR count). The third-order valence-electron chi connectivity index (χ3n) is 3.94. The molecule has 0 aliphatic carbocycles. The fourth-order valence-corrected chi connectivity index (χ4v) is 2.94. The van der Waals surface area contributed by atoms with Crippen molar-refractivity contribution in [2.45, 2.75) is 0 Å². The molecule has 1 aromatic heterocycles. The second-order valence-electron chi connectivity index (χ2n) is 5.88. The summed E-state index contributed by atoms with van der Waals surface area (Å²) < 4.78 is 36.1.